The standard InChI is InChI=1S/C22H36FN5.HI/c1-4-24-22(25-16-19-8-7-11-28(17-19)18(2)3)27-14-12-26(13-15-27)21-10-6-5-9-20(21)23;/h5-6,9-10,18-19H,4,7-8,11-17H2,1-3H3,(H,24,25);1H. The number of para-hydroxylation sites is 1. The number of hydrogen-bond donors (Lipinski definition) is 1. The first-order valence-corrected chi connectivity index (χ1v) is 10.8. The Morgan fingerprint density at radius 1 is 1.17 bits per heavy atom. The third-order valence-electron chi connectivity index (χ3n) is 5.89. The minimum atomic E-state index is -0.136. The molecule has 1 aromatic carbocycles. The van der Waals surface area contributed by atoms with Crippen molar-refractivity contribution in [1.82, 2.24) is 15.1 Å². The van der Waals surface area contributed by atoms with Crippen molar-refractivity contribution in [2.75, 3.05) is 57.3 Å². The predicted molar refractivity (Wildman–Crippen MR) is 131 cm³/mol. The van der Waals surface area contributed by atoms with Gasteiger partial charge >= 0.3 is 0 Å². The van der Waals surface area contributed by atoms with Gasteiger partial charge in [-0.15, -0.1) is 24.0 Å². The number of nitrogens with one attached hydrogen (secondary N) is 1. The van der Waals surface area contributed by atoms with Crippen LogP contribution in [0, 0.1) is 11.7 Å². The second kappa shape index (κ2) is 11.9. The van der Waals surface area contributed by atoms with Crippen molar-refractivity contribution >= 4 is 35.6 Å². The summed E-state index contributed by atoms with van der Waals surface area (Å²) in [5.74, 6) is 1.52. The number of nitrogens with zero attached hydrogens (tertiary/aromatic N) is 4. The molecule has 0 amide bonds. The van der Waals surface area contributed by atoms with E-state index in [1.54, 1.807) is 6.07 Å². The molecule has 1 aromatic rings. The maximum Gasteiger partial charge on any atom is 0.194 e. The molecule has 0 saturated carbocycles. The van der Waals surface area contributed by atoms with Gasteiger partial charge in [-0.1, -0.05) is 12.1 Å². The molecule has 5 nitrogen and oxygen atoms in total. The number of piperazine rings is 1. The summed E-state index contributed by atoms with van der Waals surface area (Å²) in [5, 5.41) is 3.46. The first-order chi connectivity index (χ1) is 13.6. The molecule has 0 aromatic heterocycles. The monoisotopic (exact) mass is 517 g/mol. The molecule has 0 bridgehead atoms. The summed E-state index contributed by atoms with van der Waals surface area (Å²) >= 11 is 0. The smallest absolute Gasteiger partial charge is 0.194 e. The number of halogens is 2. The maximum atomic E-state index is 14.1. The number of guanidine groups is 1. The van der Waals surface area contributed by atoms with E-state index in [2.05, 4.69) is 40.8 Å². The number of benzene rings is 1. The lowest BCUT2D eigenvalue weighted by molar-refractivity contribution is 0.143. The quantitative estimate of drug-likeness (QED) is 0.368. The summed E-state index contributed by atoms with van der Waals surface area (Å²) in [6.45, 7) is 14.2. The molecule has 2 aliphatic rings. The highest BCUT2D eigenvalue weighted by molar-refractivity contribution is 14.0. The molecule has 1 atom stereocenters. The zero-order valence-electron chi connectivity index (χ0n) is 18.1. The van der Waals surface area contributed by atoms with Crippen LogP contribution in [0.2, 0.25) is 0 Å². The first-order valence-electron chi connectivity index (χ1n) is 10.8. The van der Waals surface area contributed by atoms with Crippen LogP contribution in [0.25, 0.3) is 0 Å². The molecule has 7 heteroatoms. The molecular formula is C22H37FIN5. The van der Waals surface area contributed by atoms with Crippen LogP contribution in [0.5, 0.6) is 0 Å². The normalized spacial score (nSPS) is 21.3. The molecule has 0 radical (unpaired) electrons. The minimum Gasteiger partial charge on any atom is -0.366 e. The van der Waals surface area contributed by atoms with Crippen LogP contribution in [0.4, 0.5) is 10.1 Å². The van der Waals surface area contributed by atoms with Gasteiger partial charge in [-0.25, -0.2) is 4.39 Å². The van der Waals surface area contributed by atoms with Crippen LogP contribution >= 0.6 is 24.0 Å². The van der Waals surface area contributed by atoms with Gasteiger partial charge < -0.3 is 20.0 Å². The van der Waals surface area contributed by atoms with E-state index in [9.17, 15) is 4.39 Å². The summed E-state index contributed by atoms with van der Waals surface area (Å²) < 4.78 is 14.1. The molecular weight excluding hydrogens is 480 g/mol. The van der Waals surface area contributed by atoms with Gasteiger partial charge in [-0.3, -0.25) is 4.99 Å². The van der Waals surface area contributed by atoms with Crippen molar-refractivity contribution in [2.24, 2.45) is 10.9 Å². The molecule has 2 saturated heterocycles. The Bertz CT molecular complexity index is 646. The summed E-state index contributed by atoms with van der Waals surface area (Å²) in [5.41, 5.74) is 0.708. The number of anilines is 1. The Labute approximate surface area is 192 Å². The zero-order valence-corrected chi connectivity index (χ0v) is 20.4. The van der Waals surface area contributed by atoms with E-state index in [0.29, 0.717) is 17.6 Å². The Morgan fingerprint density at radius 3 is 2.55 bits per heavy atom. The summed E-state index contributed by atoms with van der Waals surface area (Å²) in [4.78, 5) is 12.0. The van der Waals surface area contributed by atoms with Crippen molar-refractivity contribution in [3.8, 4) is 0 Å². The van der Waals surface area contributed by atoms with Gasteiger partial charge in [0.05, 0.1) is 5.69 Å². The van der Waals surface area contributed by atoms with E-state index in [1.807, 2.05) is 12.1 Å². The molecule has 1 unspecified atom stereocenters. The highest BCUT2D eigenvalue weighted by atomic mass is 127. The average molecular weight is 517 g/mol. The lowest BCUT2D eigenvalue weighted by Gasteiger charge is -2.38. The largest absolute Gasteiger partial charge is 0.366 e. The Hall–Kier alpha value is -1.09. The van der Waals surface area contributed by atoms with Crippen LogP contribution < -0.4 is 10.2 Å². The fraction of sp³-hybridized carbons (Fsp3) is 0.682. The number of aliphatic imine (C=N–C) groups is 1. The van der Waals surface area contributed by atoms with Gasteiger partial charge in [-0.2, -0.15) is 0 Å². The zero-order chi connectivity index (χ0) is 19.9. The lowest BCUT2D eigenvalue weighted by atomic mass is 9.97. The third kappa shape index (κ3) is 6.70. The Balaban J connectivity index is 0.00000300. The summed E-state index contributed by atoms with van der Waals surface area (Å²) in [7, 11) is 0. The third-order valence-corrected chi connectivity index (χ3v) is 5.89. The topological polar surface area (TPSA) is 34.1 Å². The number of likely N-dealkylation sites (tertiary alicyclic amines) is 1. The van der Waals surface area contributed by atoms with Gasteiger partial charge in [0.25, 0.3) is 0 Å². The van der Waals surface area contributed by atoms with Crippen LogP contribution in [-0.4, -0.2) is 74.2 Å². The summed E-state index contributed by atoms with van der Waals surface area (Å²) in [6, 6.07) is 7.68. The fourth-order valence-corrected chi connectivity index (χ4v) is 4.22. The molecule has 2 heterocycles. The van der Waals surface area contributed by atoms with E-state index in [-0.39, 0.29) is 29.8 Å². The number of rotatable bonds is 5. The van der Waals surface area contributed by atoms with Gasteiger partial charge in [0, 0.05) is 51.9 Å². The predicted octanol–water partition coefficient (Wildman–Crippen LogP) is 3.65. The van der Waals surface area contributed by atoms with Crippen molar-refractivity contribution in [3.63, 3.8) is 0 Å². The van der Waals surface area contributed by atoms with Crippen molar-refractivity contribution in [1.29, 1.82) is 0 Å². The molecule has 0 spiro atoms. The van der Waals surface area contributed by atoms with E-state index in [0.717, 1.165) is 51.8 Å². The van der Waals surface area contributed by atoms with Crippen molar-refractivity contribution in [3.05, 3.63) is 30.1 Å². The maximum absolute atomic E-state index is 14.1. The highest BCUT2D eigenvalue weighted by Crippen LogP contribution is 2.21. The van der Waals surface area contributed by atoms with Gasteiger partial charge in [0.2, 0.25) is 0 Å². The molecule has 29 heavy (non-hydrogen) atoms. The molecule has 2 fully saturated rings. The lowest BCUT2D eigenvalue weighted by Crippen LogP contribution is -2.53. The van der Waals surface area contributed by atoms with Gasteiger partial charge in [0.15, 0.2) is 5.96 Å². The van der Waals surface area contributed by atoms with Crippen molar-refractivity contribution < 1.29 is 4.39 Å². The van der Waals surface area contributed by atoms with E-state index < -0.39 is 0 Å². The van der Waals surface area contributed by atoms with E-state index >= 15 is 0 Å². The van der Waals surface area contributed by atoms with E-state index in [4.69, 9.17) is 4.99 Å². The van der Waals surface area contributed by atoms with Crippen LogP contribution in [0.15, 0.2) is 29.3 Å². The molecule has 2 aliphatic heterocycles. The van der Waals surface area contributed by atoms with Crippen molar-refractivity contribution in [2.45, 2.75) is 39.7 Å². The van der Waals surface area contributed by atoms with Crippen LogP contribution in [0.3, 0.4) is 0 Å². The Kier molecular flexibility index (Phi) is 9.95. The van der Waals surface area contributed by atoms with Gasteiger partial charge in [-0.05, 0) is 58.2 Å². The highest BCUT2D eigenvalue weighted by Gasteiger charge is 2.24. The van der Waals surface area contributed by atoms with Crippen LogP contribution in [-0.2, 0) is 0 Å². The Morgan fingerprint density at radius 2 is 1.90 bits per heavy atom. The van der Waals surface area contributed by atoms with E-state index in [1.165, 1.54) is 25.5 Å². The minimum absolute atomic E-state index is 0. The second-order valence-corrected chi connectivity index (χ2v) is 8.22. The van der Waals surface area contributed by atoms with Crippen LogP contribution in [0.1, 0.15) is 33.6 Å². The summed E-state index contributed by atoms with van der Waals surface area (Å²) in [6.07, 6.45) is 2.55. The number of piperidine rings is 1. The molecule has 1 N–H and O–H groups in total. The fourth-order valence-electron chi connectivity index (χ4n) is 4.22. The van der Waals surface area contributed by atoms with Gasteiger partial charge in [0.1, 0.15) is 5.82 Å². The molecule has 164 valence electrons. The number of hydrogen-bond acceptors (Lipinski definition) is 3. The first kappa shape index (κ1) is 24.2. The molecule has 0 aliphatic carbocycles. The molecule has 3 rings (SSSR count). The SMILES string of the molecule is CCNC(=NCC1CCCN(C(C)C)C1)N1CCN(c2ccccc2F)CC1.I. The average Bonchev–Trinajstić information content (AvgIpc) is 2.72. The second-order valence-electron chi connectivity index (χ2n) is 8.22.